The van der Waals surface area contributed by atoms with Gasteiger partial charge in [0, 0.05) is 25.7 Å². The van der Waals surface area contributed by atoms with Crippen LogP contribution in [0.1, 0.15) is 426 Å². The number of rotatable bonds is 80. The van der Waals surface area contributed by atoms with E-state index in [0.29, 0.717) is 25.7 Å². The molecule has 0 amide bonds. The summed E-state index contributed by atoms with van der Waals surface area (Å²) in [7, 11) is -9.92. The van der Waals surface area contributed by atoms with Crippen molar-refractivity contribution >= 4 is 39.5 Å². The molecular formula is C80H156O17P2. The Hall–Kier alpha value is -1.94. The van der Waals surface area contributed by atoms with Gasteiger partial charge < -0.3 is 33.8 Å². The first kappa shape index (κ1) is 97.1. The van der Waals surface area contributed by atoms with Gasteiger partial charge in [-0.15, -0.1) is 0 Å². The molecule has 0 radical (unpaired) electrons. The molecule has 6 atom stereocenters. The van der Waals surface area contributed by atoms with Crippen LogP contribution >= 0.6 is 15.6 Å². The molecule has 0 saturated carbocycles. The highest BCUT2D eigenvalue weighted by Gasteiger charge is 2.30. The lowest BCUT2D eigenvalue weighted by Gasteiger charge is -2.21. The van der Waals surface area contributed by atoms with Crippen LogP contribution in [0.25, 0.3) is 0 Å². The average Bonchev–Trinajstić information content (AvgIpc) is 1.12. The summed E-state index contributed by atoms with van der Waals surface area (Å²) in [6.45, 7) is 7.37. The Morgan fingerprint density at radius 2 is 0.485 bits per heavy atom. The topological polar surface area (TPSA) is 237 Å². The molecule has 0 saturated heterocycles. The first-order chi connectivity index (χ1) is 48.1. The molecule has 0 aromatic heterocycles. The molecule has 0 spiro atoms. The number of aliphatic hydroxyl groups excluding tert-OH is 1. The van der Waals surface area contributed by atoms with E-state index in [4.69, 9.17) is 37.0 Å². The molecule has 99 heavy (non-hydrogen) atoms. The van der Waals surface area contributed by atoms with Gasteiger partial charge in [0.05, 0.1) is 26.4 Å². The molecule has 0 aliphatic rings. The summed E-state index contributed by atoms with van der Waals surface area (Å²) in [4.78, 5) is 73.0. The molecule has 0 aliphatic carbocycles. The van der Waals surface area contributed by atoms with E-state index < -0.39 is 97.5 Å². The molecule has 0 rings (SSSR count). The molecule has 0 bridgehead atoms. The lowest BCUT2D eigenvalue weighted by Crippen LogP contribution is -2.30. The predicted octanol–water partition coefficient (Wildman–Crippen LogP) is 24.0. The summed E-state index contributed by atoms with van der Waals surface area (Å²) < 4.78 is 68.7. The van der Waals surface area contributed by atoms with Crippen molar-refractivity contribution in [2.24, 2.45) is 5.92 Å². The van der Waals surface area contributed by atoms with E-state index in [0.717, 1.165) is 95.8 Å². The number of ether oxygens (including phenoxy) is 4. The number of phosphoric ester groups is 2. The number of aliphatic hydroxyl groups is 1. The van der Waals surface area contributed by atoms with Crippen molar-refractivity contribution in [3.8, 4) is 0 Å². The smallest absolute Gasteiger partial charge is 0.462 e. The number of phosphoric acid groups is 2. The molecule has 0 aromatic rings. The number of hydrogen-bond acceptors (Lipinski definition) is 15. The SMILES string of the molecule is CCCCCCCCCCCCCCCCCCC(=O)OC[C@H](COP(=O)(O)OC[C@@H](O)COP(=O)(O)OC[C@@H](COC(=O)CCCCCCCCCCC)OC(=O)CCCCCCCCCCCCCCCCCC)OC(=O)CCCCCCCCCCCCCCCCC(C)CC. The van der Waals surface area contributed by atoms with Crippen LogP contribution < -0.4 is 0 Å². The zero-order chi connectivity index (χ0) is 72.7. The number of carbonyl (C=O) groups excluding carboxylic acids is 4. The maximum absolute atomic E-state index is 13.1. The second-order valence-corrected chi connectivity index (χ2v) is 32.0. The van der Waals surface area contributed by atoms with Crippen molar-refractivity contribution < 1.29 is 80.2 Å². The van der Waals surface area contributed by atoms with Gasteiger partial charge in [-0.25, -0.2) is 9.13 Å². The molecule has 0 aliphatic heterocycles. The lowest BCUT2D eigenvalue weighted by molar-refractivity contribution is -0.161. The maximum Gasteiger partial charge on any atom is 0.472 e. The maximum atomic E-state index is 13.1. The third-order valence-corrected chi connectivity index (χ3v) is 21.0. The normalized spacial score (nSPS) is 14.1. The molecule has 3 unspecified atom stereocenters. The fourth-order valence-corrected chi connectivity index (χ4v) is 14.0. The summed E-state index contributed by atoms with van der Waals surface area (Å²) in [6.07, 6.45) is 63.7. The summed E-state index contributed by atoms with van der Waals surface area (Å²) in [5, 5.41) is 10.6. The van der Waals surface area contributed by atoms with Crippen LogP contribution in [0.3, 0.4) is 0 Å². The summed E-state index contributed by atoms with van der Waals surface area (Å²) in [5.74, 6) is -1.26. The highest BCUT2D eigenvalue weighted by atomic mass is 31.2. The zero-order valence-corrected chi connectivity index (χ0v) is 66.4. The number of carbonyl (C=O) groups is 4. The van der Waals surface area contributed by atoms with Crippen molar-refractivity contribution in [1.82, 2.24) is 0 Å². The summed E-state index contributed by atoms with van der Waals surface area (Å²) in [6, 6.07) is 0. The minimum Gasteiger partial charge on any atom is -0.462 e. The Bertz CT molecular complexity index is 1890. The Labute approximate surface area is 607 Å². The first-order valence-corrected chi connectivity index (χ1v) is 44.7. The predicted molar refractivity (Wildman–Crippen MR) is 405 cm³/mol. The molecule has 588 valence electrons. The minimum atomic E-state index is -4.96. The fraction of sp³-hybridized carbons (Fsp3) is 0.950. The van der Waals surface area contributed by atoms with Crippen LogP contribution in [0.15, 0.2) is 0 Å². The Morgan fingerprint density at radius 1 is 0.283 bits per heavy atom. The van der Waals surface area contributed by atoms with Crippen LogP contribution in [-0.2, 0) is 65.4 Å². The third kappa shape index (κ3) is 72.8. The quantitative estimate of drug-likeness (QED) is 0.0222. The van der Waals surface area contributed by atoms with E-state index in [9.17, 15) is 43.2 Å². The van der Waals surface area contributed by atoms with Crippen molar-refractivity contribution in [3.05, 3.63) is 0 Å². The molecular weight excluding hydrogens is 1290 g/mol. The average molecular weight is 1450 g/mol. The molecule has 19 heteroatoms. The highest BCUT2D eigenvalue weighted by molar-refractivity contribution is 7.47. The van der Waals surface area contributed by atoms with Crippen LogP contribution in [0.2, 0.25) is 0 Å². The van der Waals surface area contributed by atoms with Gasteiger partial charge in [-0.05, 0) is 31.6 Å². The Morgan fingerprint density at radius 3 is 0.717 bits per heavy atom. The van der Waals surface area contributed by atoms with Gasteiger partial charge >= 0.3 is 39.5 Å². The van der Waals surface area contributed by atoms with Gasteiger partial charge in [0.1, 0.15) is 19.3 Å². The van der Waals surface area contributed by atoms with Gasteiger partial charge in [-0.2, -0.15) is 0 Å². The summed E-state index contributed by atoms with van der Waals surface area (Å²) in [5.41, 5.74) is 0. The van der Waals surface area contributed by atoms with Crippen molar-refractivity contribution in [1.29, 1.82) is 0 Å². The van der Waals surface area contributed by atoms with Gasteiger partial charge in [0.2, 0.25) is 0 Å². The number of esters is 4. The standard InChI is InChI=1S/C80H156O17P2/c1-6-10-13-16-19-22-24-26-28-30-35-39-44-49-54-59-64-78(83)91-70-76(97-80(85)66-61-56-51-46-41-37-33-32-34-38-43-47-52-57-62-73(5)9-4)72-95-99(88,89)93-68-74(81)67-92-98(86,87)94-71-75(69-90-77(82)63-58-53-48-42-21-18-15-12-8-3)96-79(84)65-60-55-50-45-40-36-31-29-27-25-23-20-17-14-11-7-2/h73-76,81H,6-72H2,1-5H3,(H,86,87)(H,88,89)/t73?,74-,75+,76+/m0/s1. The Balaban J connectivity index is 5.23. The van der Waals surface area contributed by atoms with Gasteiger partial charge in [0.15, 0.2) is 12.2 Å². The molecule has 3 N–H and O–H groups in total. The van der Waals surface area contributed by atoms with E-state index in [1.807, 2.05) is 0 Å². The van der Waals surface area contributed by atoms with Gasteiger partial charge in [-0.3, -0.25) is 37.3 Å². The van der Waals surface area contributed by atoms with Crippen LogP contribution in [-0.4, -0.2) is 96.7 Å². The van der Waals surface area contributed by atoms with Gasteiger partial charge in [0.25, 0.3) is 0 Å². The van der Waals surface area contributed by atoms with E-state index >= 15 is 0 Å². The lowest BCUT2D eigenvalue weighted by atomic mass is 9.99. The monoisotopic (exact) mass is 1450 g/mol. The largest absolute Gasteiger partial charge is 0.472 e. The van der Waals surface area contributed by atoms with Crippen molar-refractivity contribution in [2.75, 3.05) is 39.6 Å². The third-order valence-electron chi connectivity index (χ3n) is 19.1. The second kappa shape index (κ2) is 73.0. The van der Waals surface area contributed by atoms with E-state index in [2.05, 4.69) is 34.6 Å². The Kier molecular flexibility index (Phi) is 71.6. The fourth-order valence-electron chi connectivity index (χ4n) is 12.4. The second-order valence-electron chi connectivity index (χ2n) is 29.1. The van der Waals surface area contributed by atoms with Gasteiger partial charge in [-0.1, -0.05) is 375 Å². The minimum absolute atomic E-state index is 0.109. The number of unbranched alkanes of at least 4 members (excludes halogenated alkanes) is 51. The highest BCUT2D eigenvalue weighted by Crippen LogP contribution is 2.45. The van der Waals surface area contributed by atoms with Crippen molar-refractivity contribution in [3.63, 3.8) is 0 Å². The van der Waals surface area contributed by atoms with Crippen LogP contribution in [0, 0.1) is 5.92 Å². The molecule has 0 aromatic carbocycles. The van der Waals surface area contributed by atoms with E-state index in [1.165, 1.54) is 250 Å². The zero-order valence-electron chi connectivity index (χ0n) is 64.6. The van der Waals surface area contributed by atoms with Crippen LogP contribution in [0.5, 0.6) is 0 Å². The van der Waals surface area contributed by atoms with E-state index in [1.54, 1.807) is 0 Å². The molecule has 17 nitrogen and oxygen atoms in total. The molecule has 0 fully saturated rings. The summed E-state index contributed by atoms with van der Waals surface area (Å²) >= 11 is 0. The number of hydrogen-bond donors (Lipinski definition) is 3. The molecule has 0 heterocycles. The van der Waals surface area contributed by atoms with E-state index in [-0.39, 0.29) is 25.7 Å². The van der Waals surface area contributed by atoms with Crippen molar-refractivity contribution in [2.45, 2.75) is 445 Å². The first-order valence-electron chi connectivity index (χ1n) is 41.7. The van der Waals surface area contributed by atoms with Crippen LogP contribution in [0.4, 0.5) is 0 Å².